The second kappa shape index (κ2) is 16.5. The average Bonchev–Trinajstić information content (AvgIpc) is 3.07. The van der Waals surface area contributed by atoms with Gasteiger partial charge < -0.3 is 15.4 Å². The summed E-state index contributed by atoms with van der Waals surface area (Å²) in [6.45, 7) is 2.20. The number of anilines is 1. The lowest BCUT2D eigenvalue weighted by molar-refractivity contribution is -0.253. The van der Waals surface area contributed by atoms with Crippen molar-refractivity contribution in [3.05, 3.63) is 166 Å². The van der Waals surface area contributed by atoms with E-state index in [1.54, 1.807) is 30.3 Å². The van der Waals surface area contributed by atoms with E-state index in [0.717, 1.165) is 29.8 Å². The van der Waals surface area contributed by atoms with Crippen molar-refractivity contribution in [2.75, 3.05) is 5.32 Å². The largest absolute Gasteiger partial charge is 0.461 e. The normalized spacial score (nSPS) is 12.1. The number of carbonyl (C=O) groups is 1. The maximum absolute atomic E-state index is 14.7. The molecule has 1 amide bonds. The van der Waals surface area contributed by atoms with Crippen molar-refractivity contribution < 1.29 is 53.4 Å². The van der Waals surface area contributed by atoms with Crippen LogP contribution in [0.4, 0.5) is 49.6 Å². The quantitative estimate of drug-likeness (QED) is 0.141. The molecule has 0 aliphatic heterocycles. The fraction of sp³-hybridized carbons (Fsp3) is 0.162. The highest BCUT2D eigenvalue weighted by Gasteiger charge is 2.44. The summed E-state index contributed by atoms with van der Waals surface area (Å²) >= 11 is 0. The minimum absolute atomic E-state index is 0.0364. The molecule has 1 unspecified atom stereocenters. The smallest absolute Gasteiger partial charge is 0.428 e. The van der Waals surface area contributed by atoms with Gasteiger partial charge in [-0.2, -0.15) is 30.7 Å². The van der Waals surface area contributed by atoms with Crippen LogP contribution in [-0.4, -0.2) is 18.4 Å². The first kappa shape index (κ1) is 38.3. The van der Waals surface area contributed by atoms with E-state index in [4.69, 9.17) is 0 Å². The van der Waals surface area contributed by atoms with Gasteiger partial charge in [0.25, 0.3) is 5.91 Å². The van der Waals surface area contributed by atoms with Gasteiger partial charge in [0.05, 0.1) is 17.3 Å². The van der Waals surface area contributed by atoms with Gasteiger partial charge in [-0.1, -0.05) is 72.3 Å². The zero-order chi connectivity index (χ0) is 37.3. The molecule has 0 heterocycles. The minimum atomic E-state index is -5.17. The number of rotatable bonds is 10. The van der Waals surface area contributed by atoms with E-state index in [1.165, 1.54) is 5.56 Å². The van der Waals surface area contributed by atoms with E-state index >= 15 is 0 Å². The van der Waals surface area contributed by atoms with E-state index in [0.29, 0.717) is 24.3 Å². The first-order valence-corrected chi connectivity index (χ1v) is 15.0. The fourth-order valence-electron chi connectivity index (χ4n) is 4.65. The Bertz CT molecular complexity index is 1920. The highest BCUT2D eigenvalue weighted by Crippen LogP contribution is 2.35. The van der Waals surface area contributed by atoms with Crippen molar-refractivity contribution in [1.82, 2.24) is 5.32 Å². The third-order valence-electron chi connectivity index (χ3n) is 7.13. The second-order valence-corrected chi connectivity index (χ2v) is 11.0. The van der Waals surface area contributed by atoms with Crippen LogP contribution in [0.15, 0.2) is 115 Å². The molecule has 51 heavy (non-hydrogen) atoms. The predicted octanol–water partition coefficient (Wildman–Crippen LogP) is 10.5. The van der Waals surface area contributed by atoms with Crippen molar-refractivity contribution in [3.8, 4) is 5.75 Å². The summed E-state index contributed by atoms with van der Waals surface area (Å²) in [5, 5.41) is 5.11. The van der Waals surface area contributed by atoms with Crippen molar-refractivity contribution in [2.24, 2.45) is 0 Å². The molecule has 0 aliphatic carbocycles. The first-order valence-electron chi connectivity index (χ1n) is 15.0. The van der Waals surface area contributed by atoms with E-state index in [1.807, 2.05) is 18.2 Å². The summed E-state index contributed by atoms with van der Waals surface area (Å²) < 4.78 is 140. The van der Waals surface area contributed by atoms with Crippen LogP contribution in [0.1, 0.15) is 44.2 Å². The van der Waals surface area contributed by atoms with Crippen LogP contribution in [0.5, 0.6) is 5.75 Å². The Morgan fingerprint density at radius 2 is 1.35 bits per heavy atom. The minimum Gasteiger partial charge on any atom is -0.428 e. The molecule has 4 nitrogen and oxygen atoms in total. The Labute approximate surface area is 285 Å². The molecule has 0 fully saturated rings. The monoisotopic (exact) mass is 722 g/mol. The van der Waals surface area contributed by atoms with Crippen LogP contribution < -0.4 is 15.4 Å². The molecule has 5 rings (SSSR count). The van der Waals surface area contributed by atoms with Gasteiger partial charge in [-0.3, -0.25) is 4.79 Å². The molecular weight excluding hydrogens is 694 g/mol. The number of ether oxygens (including phenoxy) is 1. The van der Waals surface area contributed by atoms with Crippen LogP contribution in [0.25, 0.3) is 0 Å². The van der Waals surface area contributed by atoms with Gasteiger partial charge in [-0.15, -0.1) is 0 Å². The van der Waals surface area contributed by atoms with E-state index in [9.17, 15) is 48.7 Å². The van der Waals surface area contributed by atoms with Gasteiger partial charge >= 0.3 is 18.7 Å². The molecule has 0 aromatic heterocycles. The number of nitrogens with one attached hydrogen (secondary N) is 2. The van der Waals surface area contributed by atoms with Gasteiger partial charge in [0, 0.05) is 18.2 Å². The average molecular weight is 723 g/mol. The van der Waals surface area contributed by atoms with E-state index in [-0.39, 0.29) is 23.9 Å². The van der Waals surface area contributed by atoms with Crippen molar-refractivity contribution in [2.45, 2.75) is 38.2 Å². The molecule has 0 spiro atoms. The molecule has 1 atom stereocenters. The summed E-state index contributed by atoms with van der Waals surface area (Å²) in [5.41, 5.74) is -0.947. The van der Waals surface area contributed by atoms with Crippen LogP contribution >= 0.6 is 0 Å². The molecule has 0 saturated heterocycles. The number of halogens is 10. The Hall–Kier alpha value is -5.53. The maximum Gasteiger partial charge on any atom is 0.461 e. The highest BCUT2D eigenvalue weighted by atomic mass is 19.4. The fourth-order valence-corrected chi connectivity index (χ4v) is 4.65. The lowest BCUT2D eigenvalue weighted by atomic mass is 9.96. The number of hydrogen-bond acceptors (Lipinski definition) is 3. The molecule has 268 valence electrons. The van der Waals surface area contributed by atoms with Gasteiger partial charge in [-0.05, 0) is 66.1 Å². The van der Waals surface area contributed by atoms with Gasteiger partial charge in [-0.25, -0.2) is 13.2 Å². The molecule has 0 aliphatic rings. The molecule has 5 aromatic carbocycles. The molecule has 5 aromatic rings. The molecular formula is C37H28F10N2O2. The first-order chi connectivity index (χ1) is 24.0. The van der Waals surface area contributed by atoms with Gasteiger partial charge in [0.1, 0.15) is 23.2 Å². The maximum atomic E-state index is 14.7. The topological polar surface area (TPSA) is 50.4 Å². The molecule has 0 saturated carbocycles. The molecule has 14 heteroatoms. The number of alkyl halides is 7. The van der Waals surface area contributed by atoms with Crippen LogP contribution in [0, 0.1) is 24.4 Å². The lowest BCUT2D eigenvalue weighted by Gasteiger charge is -2.23. The Balaban J connectivity index is 0.000000742. The third kappa shape index (κ3) is 10.7. The standard InChI is InChI=1S/C30H20F10N2O2.C7H8/c31-20-10-19(11-21(14-20)44-30(39,40)28(34)35)26(42-27(43)18-7-8-23(32)22(12-18)29(36,37)38)17-6-9-24(33)25(13-17)41-15-16-4-2-1-3-5-16;1-7-5-3-2-4-6-7/h1-14,26,28,41H,15H2,(H,42,43);2-6H,1H3. The second-order valence-electron chi connectivity index (χ2n) is 11.0. The van der Waals surface area contributed by atoms with Crippen molar-refractivity contribution >= 4 is 11.6 Å². The number of benzene rings is 5. The number of hydrogen-bond donors (Lipinski definition) is 2. The summed E-state index contributed by atoms with van der Waals surface area (Å²) in [5.74, 6) is -6.04. The van der Waals surface area contributed by atoms with Crippen LogP contribution in [0.3, 0.4) is 0 Å². The van der Waals surface area contributed by atoms with Crippen molar-refractivity contribution in [1.29, 1.82) is 0 Å². The van der Waals surface area contributed by atoms with Gasteiger partial charge in [0.15, 0.2) is 0 Å². The third-order valence-corrected chi connectivity index (χ3v) is 7.13. The molecule has 0 bridgehead atoms. The number of aryl methyl sites for hydroxylation is 1. The molecule has 0 radical (unpaired) electrons. The summed E-state index contributed by atoms with van der Waals surface area (Å²) in [7, 11) is 0. The summed E-state index contributed by atoms with van der Waals surface area (Å²) in [4.78, 5) is 13.1. The lowest BCUT2D eigenvalue weighted by Crippen LogP contribution is -2.33. The predicted molar refractivity (Wildman–Crippen MR) is 170 cm³/mol. The Morgan fingerprint density at radius 3 is 1.94 bits per heavy atom. The zero-order valence-corrected chi connectivity index (χ0v) is 26.4. The number of amides is 1. The van der Waals surface area contributed by atoms with Gasteiger partial charge in [0.2, 0.25) is 0 Å². The number of carbonyl (C=O) groups excluding carboxylic acids is 1. The zero-order valence-electron chi connectivity index (χ0n) is 26.4. The van der Waals surface area contributed by atoms with Crippen LogP contribution in [-0.2, 0) is 12.7 Å². The van der Waals surface area contributed by atoms with E-state index < -0.39 is 70.6 Å². The highest BCUT2D eigenvalue weighted by molar-refractivity contribution is 5.95. The van der Waals surface area contributed by atoms with Crippen molar-refractivity contribution in [3.63, 3.8) is 0 Å². The van der Waals surface area contributed by atoms with E-state index in [2.05, 4.69) is 34.4 Å². The summed E-state index contributed by atoms with van der Waals surface area (Å²) in [6, 6.07) is 23.7. The SMILES string of the molecule is Cc1ccccc1.O=C(NC(c1cc(F)cc(OC(F)(F)C(F)F)c1)c1ccc(F)c(NCc2ccccc2)c1)c1ccc(F)c(C(F)(F)F)c1. The molecule has 2 N–H and O–H groups in total. The Kier molecular flexibility index (Phi) is 12.3. The van der Waals surface area contributed by atoms with Crippen LogP contribution in [0.2, 0.25) is 0 Å². The summed E-state index contributed by atoms with van der Waals surface area (Å²) in [6.07, 6.45) is -14.5. The Morgan fingerprint density at radius 1 is 0.725 bits per heavy atom.